The Labute approximate surface area is 86.3 Å². The van der Waals surface area contributed by atoms with Crippen LogP contribution in [0.5, 0.6) is 0 Å². The fourth-order valence-corrected chi connectivity index (χ4v) is 1.96. The third-order valence-corrected chi connectivity index (χ3v) is 2.66. The summed E-state index contributed by atoms with van der Waals surface area (Å²) in [6, 6.07) is 5.26. The number of rotatable bonds is 2. The molecular formula is C10H9ClO3. The van der Waals surface area contributed by atoms with Gasteiger partial charge in [0.1, 0.15) is 12.2 Å². The molecular weight excluding hydrogens is 204 g/mol. The lowest BCUT2D eigenvalue weighted by Gasteiger charge is -2.11. The predicted octanol–water partition coefficient (Wildman–Crippen LogP) is 1.47. The molecule has 0 aliphatic heterocycles. The van der Waals surface area contributed by atoms with Gasteiger partial charge in [0.2, 0.25) is 0 Å². The Bertz CT molecular complexity index is 364. The molecule has 3 nitrogen and oxygen atoms in total. The number of benzene rings is 1. The molecule has 0 bridgehead atoms. The first-order chi connectivity index (χ1) is 6.72. The van der Waals surface area contributed by atoms with Gasteiger partial charge in [0, 0.05) is 11.4 Å². The van der Waals surface area contributed by atoms with Gasteiger partial charge in [-0.1, -0.05) is 17.7 Å². The van der Waals surface area contributed by atoms with E-state index in [-0.39, 0.29) is 0 Å². The molecule has 0 spiro atoms. The molecule has 2 atom stereocenters. The zero-order valence-corrected chi connectivity index (χ0v) is 8.07. The summed E-state index contributed by atoms with van der Waals surface area (Å²) in [7, 11) is 0. The average Bonchev–Trinajstić information content (AvgIpc) is 2.44. The first kappa shape index (κ1) is 9.49. The van der Waals surface area contributed by atoms with Gasteiger partial charge in [-0.3, -0.25) is 4.79 Å². The fraction of sp³-hybridized carbons (Fsp3) is 0.300. The molecule has 0 heterocycles. The molecule has 0 amide bonds. The Morgan fingerprint density at radius 3 is 3.07 bits per heavy atom. The van der Waals surface area contributed by atoms with Gasteiger partial charge in [-0.25, -0.2) is 0 Å². The maximum atomic E-state index is 10.2. The molecule has 4 heteroatoms. The summed E-state index contributed by atoms with van der Waals surface area (Å²) in [4.78, 5) is 10.2. The minimum Gasteiger partial charge on any atom is -0.461 e. The highest BCUT2D eigenvalue weighted by atomic mass is 35.5. The molecule has 14 heavy (non-hydrogen) atoms. The molecule has 1 aliphatic rings. The Kier molecular flexibility index (Phi) is 2.44. The maximum absolute atomic E-state index is 10.2. The highest BCUT2D eigenvalue weighted by molar-refractivity contribution is 6.30. The average molecular weight is 213 g/mol. The molecule has 0 fully saturated rings. The molecule has 1 aromatic rings. The van der Waals surface area contributed by atoms with Crippen molar-refractivity contribution in [3.8, 4) is 0 Å². The summed E-state index contributed by atoms with van der Waals surface area (Å²) in [6.45, 7) is 0.362. The Hall–Kier alpha value is -1.06. The van der Waals surface area contributed by atoms with E-state index in [1.807, 2.05) is 0 Å². The maximum Gasteiger partial charge on any atom is 0.293 e. The van der Waals surface area contributed by atoms with Crippen LogP contribution in [0.4, 0.5) is 0 Å². The third kappa shape index (κ3) is 1.49. The second kappa shape index (κ2) is 3.59. The number of carbonyl (C=O) groups excluding carboxylic acids is 1. The minimum atomic E-state index is -0.729. The lowest BCUT2D eigenvalue weighted by molar-refractivity contribution is -0.138. The second-order valence-corrected chi connectivity index (χ2v) is 3.70. The number of ether oxygens (including phenoxy) is 1. The zero-order valence-electron chi connectivity index (χ0n) is 7.31. The molecule has 0 aromatic heterocycles. The van der Waals surface area contributed by atoms with Crippen molar-refractivity contribution >= 4 is 18.1 Å². The first-order valence-corrected chi connectivity index (χ1v) is 4.65. The lowest BCUT2D eigenvalue weighted by Crippen LogP contribution is -2.17. The van der Waals surface area contributed by atoms with Crippen LogP contribution in [0.25, 0.3) is 0 Å². The summed E-state index contributed by atoms with van der Waals surface area (Å²) < 4.78 is 4.76. The molecule has 1 aromatic carbocycles. The highest BCUT2D eigenvalue weighted by Gasteiger charge is 2.32. The van der Waals surface area contributed by atoms with Crippen LogP contribution in [0, 0.1) is 0 Å². The number of hydrogen-bond donors (Lipinski definition) is 1. The summed E-state index contributed by atoms with van der Waals surface area (Å²) in [5, 5.41) is 10.4. The smallest absolute Gasteiger partial charge is 0.293 e. The Morgan fingerprint density at radius 1 is 1.57 bits per heavy atom. The molecule has 2 unspecified atom stereocenters. The Balaban J connectivity index is 2.30. The first-order valence-electron chi connectivity index (χ1n) is 4.28. The van der Waals surface area contributed by atoms with Crippen LogP contribution in [0.3, 0.4) is 0 Å². The summed E-state index contributed by atoms with van der Waals surface area (Å²) >= 11 is 5.80. The van der Waals surface area contributed by atoms with Crippen LogP contribution in [0.15, 0.2) is 18.2 Å². The van der Waals surface area contributed by atoms with Gasteiger partial charge >= 0.3 is 0 Å². The molecule has 1 aliphatic carbocycles. The molecule has 74 valence electrons. The van der Waals surface area contributed by atoms with Gasteiger partial charge < -0.3 is 9.84 Å². The van der Waals surface area contributed by atoms with E-state index < -0.39 is 12.2 Å². The largest absolute Gasteiger partial charge is 0.461 e. The number of carbonyl (C=O) groups is 1. The van der Waals surface area contributed by atoms with Gasteiger partial charge in [0.05, 0.1) is 0 Å². The van der Waals surface area contributed by atoms with Crippen LogP contribution in [-0.2, 0) is 16.0 Å². The number of aliphatic hydroxyl groups is 1. The SMILES string of the molecule is O=COC1Cc2cc(Cl)ccc2C1O. The number of fused-ring (bicyclic) bond motifs is 1. The predicted molar refractivity (Wildman–Crippen MR) is 51.1 cm³/mol. The van der Waals surface area contributed by atoms with Crippen LogP contribution in [0.2, 0.25) is 5.02 Å². The van der Waals surface area contributed by atoms with Crippen molar-refractivity contribution in [1.82, 2.24) is 0 Å². The van der Waals surface area contributed by atoms with E-state index in [4.69, 9.17) is 16.3 Å². The second-order valence-electron chi connectivity index (χ2n) is 3.26. The van der Waals surface area contributed by atoms with E-state index in [9.17, 15) is 9.90 Å². The van der Waals surface area contributed by atoms with Crippen molar-refractivity contribution in [3.05, 3.63) is 34.3 Å². The standard InChI is InChI=1S/C10H9ClO3/c11-7-1-2-8-6(3-7)4-9(10(8)13)14-5-12/h1-3,5,9-10,13H,4H2. The van der Waals surface area contributed by atoms with Crippen molar-refractivity contribution < 1.29 is 14.6 Å². The van der Waals surface area contributed by atoms with Gasteiger partial charge in [-0.15, -0.1) is 0 Å². The van der Waals surface area contributed by atoms with Crippen molar-refractivity contribution in [1.29, 1.82) is 0 Å². The number of aliphatic hydroxyl groups excluding tert-OH is 1. The molecule has 0 saturated carbocycles. The lowest BCUT2D eigenvalue weighted by atomic mass is 10.1. The van der Waals surface area contributed by atoms with Gasteiger partial charge in [-0.2, -0.15) is 0 Å². The monoisotopic (exact) mass is 212 g/mol. The fourth-order valence-electron chi connectivity index (χ4n) is 1.76. The van der Waals surface area contributed by atoms with Gasteiger partial charge in [0.25, 0.3) is 6.47 Å². The minimum absolute atomic E-state index is 0.362. The van der Waals surface area contributed by atoms with Crippen LogP contribution in [-0.4, -0.2) is 17.7 Å². The van der Waals surface area contributed by atoms with E-state index in [1.165, 1.54) is 0 Å². The van der Waals surface area contributed by atoms with E-state index in [0.29, 0.717) is 17.9 Å². The summed E-state index contributed by atoms with van der Waals surface area (Å²) in [5.41, 5.74) is 1.73. The van der Waals surface area contributed by atoms with Crippen LogP contribution < -0.4 is 0 Å². The van der Waals surface area contributed by atoms with E-state index in [2.05, 4.69) is 0 Å². The zero-order chi connectivity index (χ0) is 10.1. The molecule has 2 rings (SSSR count). The molecule has 0 saturated heterocycles. The number of halogens is 1. The van der Waals surface area contributed by atoms with Gasteiger partial charge in [-0.05, 0) is 23.3 Å². The summed E-state index contributed by atoms with van der Waals surface area (Å²) in [5.74, 6) is 0. The highest BCUT2D eigenvalue weighted by Crippen LogP contribution is 2.34. The summed E-state index contributed by atoms with van der Waals surface area (Å²) in [6.07, 6.45) is -0.677. The molecule has 0 radical (unpaired) electrons. The quantitative estimate of drug-likeness (QED) is 0.756. The van der Waals surface area contributed by atoms with Crippen molar-refractivity contribution in [3.63, 3.8) is 0 Å². The topological polar surface area (TPSA) is 46.5 Å². The van der Waals surface area contributed by atoms with Crippen LogP contribution >= 0.6 is 11.6 Å². The number of hydrogen-bond acceptors (Lipinski definition) is 3. The van der Waals surface area contributed by atoms with Crippen molar-refractivity contribution in [2.75, 3.05) is 0 Å². The van der Waals surface area contributed by atoms with Crippen molar-refractivity contribution in [2.45, 2.75) is 18.6 Å². The van der Waals surface area contributed by atoms with Crippen molar-refractivity contribution in [2.24, 2.45) is 0 Å². The normalized spacial score (nSPS) is 24.4. The van der Waals surface area contributed by atoms with Crippen LogP contribution in [0.1, 0.15) is 17.2 Å². The molecule has 1 N–H and O–H groups in total. The van der Waals surface area contributed by atoms with Gasteiger partial charge in [0.15, 0.2) is 0 Å². The third-order valence-electron chi connectivity index (χ3n) is 2.43. The van der Waals surface area contributed by atoms with E-state index in [0.717, 1.165) is 11.1 Å². The van der Waals surface area contributed by atoms with E-state index in [1.54, 1.807) is 18.2 Å². The Morgan fingerprint density at radius 2 is 2.36 bits per heavy atom. The van der Waals surface area contributed by atoms with E-state index >= 15 is 0 Å².